The van der Waals surface area contributed by atoms with Crippen LogP contribution in [0.1, 0.15) is 56.2 Å². The molecule has 3 amide bonds. The van der Waals surface area contributed by atoms with Crippen LogP contribution in [0.15, 0.2) is 102 Å². The van der Waals surface area contributed by atoms with Crippen molar-refractivity contribution in [2.24, 2.45) is 11.8 Å². The third kappa shape index (κ3) is 8.64. The Morgan fingerprint density at radius 3 is 2.18 bits per heavy atom. The molecule has 3 aromatic carbocycles. The first-order valence-electron chi connectivity index (χ1n) is 15.6. The Labute approximate surface area is 292 Å². The first-order chi connectivity index (χ1) is 23.7. The predicted octanol–water partition coefficient (Wildman–Crippen LogP) is 7.56. The molecule has 1 heterocycles. The summed E-state index contributed by atoms with van der Waals surface area (Å²) >= 11 is 2.23. The summed E-state index contributed by atoms with van der Waals surface area (Å²) in [6.45, 7) is 3.43. The van der Waals surface area contributed by atoms with Crippen molar-refractivity contribution in [3.05, 3.63) is 119 Å². The number of anilines is 3. The van der Waals surface area contributed by atoms with E-state index in [2.05, 4.69) is 16.0 Å². The molecule has 0 aliphatic heterocycles. The lowest BCUT2D eigenvalue weighted by molar-refractivity contribution is -0.146. The molecule has 3 atom stereocenters. The van der Waals surface area contributed by atoms with E-state index in [0.717, 1.165) is 11.3 Å². The van der Waals surface area contributed by atoms with E-state index in [-0.39, 0.29) is 34.4 Å². The molecule has 4 N–H and O–H groups in total. The number of carbonyl (C=O) groups is 5. The van der Waals surface area contributed by atoms with E-state index in [0.29, 0.717) is 33.8 Å². The fourth-order valence-corrected chi connectivity index (χ4v) is 7.63. The van der Waals surface area contributed by atoms with Gasteiger partial charge in [0.2, 0.25) is 11.8 Å². The van der Waals surface area contributed by atoms with Gasteiger partial charge in [0.05, 0.1) is 28.9 Å². The van der Waals surface area contributed by atoms with Gasteiger partial charge in [-0.1, -0.05) is 66.7 Å². The topological polar surface area (TPSA) is 151 Å². The molecule has 12 heteroatoms. The number of hydrogen-bond donors (Lipinski definition) is 4. The van der Waals surface area contributed by atoms with Crippen molar-refractivity contribution in [3.8, 4) is 0 Å². The number of thiophene rings is 1. The SMILES string of the molecule is CCOC(=O)c1c(NC(=O)C(Sc2cccc(NC(=O)C3CC=CCC3C(=O)O)c2)c2ccccc2)sc(C(=O)Nc2ccccc2)c1C. The number of hydrogen-bond acceptors (Lipinski definition) is 8. The molecule has 252 valence electrons. The maximum Gasteiger partial charge on any atom is 0.341 e. The van der Waals surface area contributed by atoms with E-state index in [9.17, 15) is 29.1 Å². The molecular formula is C37H35N3O7S2. The van der Waals surface area contributed by atoms with Crippen LogP contribution in [0, 0.1) is 18.8 Å². The van der Waals surface area contributed by atoms with Crippen molar-refractivity contribution in [3.63, 3.8) is 0 Å². The number of aliphatic carboxylic acids is 1. The number of thioether (sulfide) groups is 1. The van der Waals surface area contributed by atoms with Crippen molar-refractivity contribution >= 4 is 69.1 Å². The van der Waals surface area contributed by atoms with E-state index in [1.165, 1.54) is 11.8 Å². The Morgan fingerprint density at radius 1 is 0.857 bits per heavy atom. The minimum Gasteiger partial charge on any atom is -0.481 e. The number of amides is 3. The second-order valence-corrected chi connectivity index (χ2v) is 13.4. The molecule has 0 spiro atoms. The van der Waals surface area contributed by atoms with Crippen molar-refractivity contribution in [1.82, 2.24) is 0 Å². The summed E-state index contributed by atoms with van der Waals surface area (Å²) in [5, 5.41) is 17.6. The standard InChI is InChI=1S/C37H35N3O7S2/c1-3-47-37(46)29-22(2)30(33(42)38-24-15-8-5-9-16-24)49-35(29)40-34(43)31(23-13-6-4-7-14-23)48-26-18-12-17-25(21-26)39-32(41)27-19-10-11-20-28(27)36(44)45/h4-18,21,27-28,31H,3,19-20H2,1-2H3,(H,38,42)(H,39,41)(H,40,43)(H,44,45). The molecule has 1 aromatic heterocycles. The normalized spacial score (nSPS) is 15.9. The molecular weight excluding hydrogens is 663 g/mol. The molecule has 0 fully saturated rings. The third-order valence-electron chi connectivity index (χ3n) is 7.88. The summed E-state index contributed by atoms with van der Waals surface area (Å²) in [4.78, 5) is 66.3. The van der Waals surface area contributed by atoms with Crippen molar-refractivity contribution in [2.45, 2.75) is 36.8 Å². The molecule has 3 unspecified atom stereocenters. The van der Waals surface area contributed by atoms with Crippen LogP contribution in [0.25, 0.3) is 0 Å². The van der Waals surface area contributed by atoms with Gasteiger partial charge in [0.25, 0.3) is 5.91 Å². The number of carboxylic acids is 1. The molecule has 5 rings (SSSR count). The average Bonchev–Trinajstić information content (AvgIpc) is 3.43. The number of ether oxygens (including phenoxy) is 1. The number of para-hydroxylation sites is 1. The van der Waals surface area contributed by atoms with Gasteiger partial charge in [0.15, 0.2) is 0 Å². The van der Waals surface area contributed by atoms with Crippen LogP contribution in [0.4, 0.5) is 16.4 Å². The zero-order valence-electron chi connectivity index (χ0n) is 26.8. The highest BCUT2D eigenvalue weighted by Crippen LogP contribution is 2.40. The highest BCUT2D eigenvalue weighted by molar-refractivity contribution is 8.00. The maximum absolute atomic E-state index is 14.1. The first-order valence-corrected chi connectivity index (χ1v) is 17.3. The summed E-state index contributed by atoms with van der Waals surface area (Å²) in [7, 11) is 0. The van der Waals surface area contributed by atoms with E-state index in [4.69, 9.17) is 4.74 Å². The van der Waals surface area contributed by atoms with E-state index in [1.54, 1.807) is 68.5 Å². The number of benzene rings is 3. The number of allylic oxidation sites excluding steroid dienone is 2. The van der Waals surface area contributed by atoms with Crippen LogP contribution in [0.2, 0.25) is 0 Å². The van der Waals surface area contributed by atoms with Crippen LogP contribution < -0.4 is 16.0 Å². The van der Waals surface area contributed by atoms with Crippen LogP contribution in [-0.4, -0.2) is 41.4 Å². The van der Waals surface area contributed by atoms with Gasteiger partial charge in [-0.15, -0.1) is 23.1 Å². The molecule has 10 nitrogen and oxygen atoms in total. The maximum atomic E-state index is 14.1. The monoisotopic (exact) mass is 697 g/mol. The number of carboxylic acid groups (broad SMARTS) is 1. The first kappa shape index (κ1) is 35.1. The van der Waals surface area contributed by atoms with Crippen LogP contribution in [-0.2, 0) is 19.1 Å². The van der Waals surface area contributed by atoms with Gasteiger partial charge >= 0.3 is 11.9 Å². The number of rotatable bonds is 12. The largest absolute Gasteiger partial charge is 0.481 e. The molecule has 0 saturated carbocycles. The Kier molecular flexibility index (Phi) is 11.7. The third-order valence-corrected chi connectivity index (χ3v) is 10.3. The molecule has 0 saturated heterocycles. The van der Waals surface area contributed by atoms with E-state index in [1.807, 2.05) is 42.5 Å². The second kappa shape index (κ2) is 16.3. The summed E-state index contributed by atoms with van der Waals surface area (Å²) in [6.07, 6.45) is 4.22. The highest BCUT2D eigenvalue weighted by atomic mass is 32.2. The zero-order chi connectivity index (χ0) is 34.9. The molecule has 1 aliphatic carbocycles. The van der Waals surface area contributed by atoms with Crippen LogP contribution in [0.5, 0.6) is 0 Å². The second-order valence-electron chi connectivity index (χ2n) is 11.2. The summed E-state index contributed by atoms with van der Waals surface area (Å²) in [5.74, 6) is -4.43. The lowest BCUT2D eigenvalue weighted by Crippen LogP contribution is -2.34. The van der Waals surface area contributed by atoms with Crippen molar-refractivity contribution in [2.75, 3.05) is 22.6 Å². The van der Waals surface area contributed by atoms with E-state index >= 15 is 0 Å². The lowest BCUT2D eigenvalue weighted by Gasteiger charge is -2.24. The quantitative estimate of drug-likeness (QED) is 0.0673. The predicted molar refractivity (Wildman–Crippen MR) is 191 cm³/mol. The average molecular weight is 698 g/mol. The molecule has 4 aromatic rings. The number of carbonyl (C=O) groups excluding carboxylic acids is 4. The molecule has 0 radical (unpaired) electrons. The van der Waals surface area contributed by atoms with Crippen LogP contribution >= 0.6 is 23.1 Å². The Hall–Kier alpha value is -5.20. The molecule has 49 heavy (non-hydrogen) atoms. The fraction of sp³-hybridized carbons (Fsp3) is 0.216. The summed E-state index contributed by atoms with van der Waals surface area (Å²) in [6, 6.07) is 25.0. The van der Waals surface area contributed by atoms with Gasteiger partial charge in [-0.3, -0.25) is 19.2 Å². The van der Waals surface area contributed by atoms with Crippen LogP contribution in [0.3, 0.4) is 0 Å². The Morgan fingerprint density at radius 2 is 1.51 bits per heavy atom. The zero-order valence-corrected chi connectivity index (χ0v) is 28.4. The summed E-state index contributed by atoms with van der Waals surface area (Å²) < 4.78 is 5.30. The van der Waals surface area contributed by atoms with E-state index < -0.39 is 40.8 Å². The van der Waals surface area contributed by atoms with Gasteiger partial charge in [-0.05, 0) is 68.1 Å². The van der Waals surface area contributed by atoms with Gasteiger partial charge in [-0.25, -0.2) is 4.79 Å². The minimum atomic E-state index is -1.01. The molecule has 0 bridgehead atoms. The smallest absolute Gasteiger partial charge is 0.341 e. The minimum absolute atomic E-state index is 0.108. The Balaban J connectivity index is 1.40. The fourth-order valence-electron chi connectivity index (χ4n) is 5.45. The van der Waals surface area contributed by atoms with Crippen molar-refractivity contribution in [1.29, 1.82) is 0 Å². The van der Waals surface area contributed by atoms with Gasteiger partial charge in [0, 0.05) is 16.3 Å². The Bertz CT molecular complexity index is 1880. The van der Waals surface area contributed by atoms with Gasteiger partial charge in [0.1, 0.15) is 10.3 Å². The number of esters is 1. The highest BCUT2D eigenvalue weighted by Gasteiger charge is 2.34. The lowest BCUT2D eigenvalue weighted by atomic mass is 9.82. The summed E-state index contributed by atoms with van der Waals surface area (Å²) in [5.41, 5.74) is 2.23. The molecule has 1 aliphatic rings. The number of nitrogens with one attached hydrogen (secondary N) is 3. The van der Waals surface area contributed by atoms with Gasteiger partial charge < -0.3 is 25.8 Å². The van der Waals surface area contributed by atoms with Gasteiger partial charge in [-0.2, -0.15) is 0 Å². The van der Waals surface area contributed by atoms with Crippen molar-refractivity contribution < 1.29 is 33.8 Å².